The lowest BCUT2D eigenvalue weighted by atomic mass is 10.1. The van der Waals surface area contributed by atoms with Crippen LogP contribution in [0.15, 0.2) is 51.5 Å². The Hall–Kier alpha value is -3.22. The number of hydrogen-bond donors (Lipinski definition) is 1. The van der Waals surface area contributed by atoms with E-state index in [0.717, 1.165) is 16.5 Å². The van der Waals surface area contributed by atoms with Gasteiger partial charge in [-0.1, -0.05) is 31.2 Å². The smallest absolute Gasteiger partial charge is 0.268 e. The van der Waals surface area contributed by atoms with Crippen LogP contribution in [-0.2, 0) is 13.0 Å². The minimum atomic E-state index is 0.383. The molecule has 0 radical (unpaired) electrons. The molecule has 7 heteroatoms. The third-order valence-electron chi connectivity index (χ3n) is 3.67. The zero-order valence-corrected chi connectivity index (χ0v) is 13.1. The molecule has 24 heavy (non-hydrogen) atoms. The molecule has 0 saturated heterocycles. The van der Waals surface area contributed by atoms with Crippen molar-refractivity contribution in [1.82, 2.24) is 20.4 Å². The summed E-state index contributed by atoms with van der Waals surface area (Å²) in [4.78, 5) is 0. The Bertz CT molecular complexity index is 962. The van der Waals surface area contributed by atoms with Crippen LogP contribution in [-0.4, -0.2) is 20.4 Å². The number of fused-ring (bicyclic) bond motifs is 1. The number of benzene rings is 1. The van der Waals surface area contributed by atoms with Gasteiger partial charge in [-0.2, -0.15) is 0 Å². The van der Waals surface area contributed by atoms with Gasteiger partial charge in [0.15, 0.2) is 11.5 Å². The van der Waals surface area contributed by atoms with Crippen molar-refractivity contribution in [1.29, 1.82) is 0 Å². The molecule has 120 valence electrons. The molecule has 0 aliphatic heterocycles. The van der Waals surface area contributed by atoms with Crippen LogP contribution in [0.5, 0.6) is 0 Å². The molecule has 0 fully saturated rings. The number of nitrogens with one attached hydrogen (secondary N) is 1. The first-order valence-electron chi connectivity index (χ1n) is 7.69. The fraction of sp³-hybridized carbons (Fsp3) is 0.176. The van der Waals surface area contributed by atoms with Gasteiger partial charge in [0.05, 0.1) is 12.8 Å². The average molecular weight is 321 g/mol. The third kappa shape index (κ3) is 2.60. The molecule has 7 nitrogen and oxygen atoms in total. The van der Waals surface area contributed by atoms with Crippen molar-refractivity contribution in [2.45, 2.75) is 19.9 Å². The Morgan fingerprint density at radius 3 is 2.58 bits per heavy atom. The van der Waals surface area contributed by atoms with Gasteiger partial charge >= 0.3 is 0 Å². The van der Waals surface area contributed by atoms with E-state index >= 15 is 0 Å². The van der Waals surface area contributed by atoms with Crippen molar-refractivity contribution in [3.63, 3.8) is 0 Å². The van der Waals surface area contributed by atoms with Crippen molar-refractivity contribution in [2.24, 2.45) is 0 Å². The number of hydrogen-bond acceptors (Lipinski definition) is 7. The number of aromatic nitrogens is 4. The molecule has 1 aromatic carbocycles. The first-order valence-corrected chi connectivity index (χ1v) is 7.69. The molecule has 0 spiro atoms. The van der Waals surface area contributed by atoms with Crippen LogP contribution in [0.1, 0.15) is 18.6 Å². The van der Waals surface area contributed by atoms with Crippen molar-refractivity contribution in [3.8, 4) is 11.6 Å². The highest BCUT2D eigenvalue weighted by Gasteiger charge is 2.16. The summed E-state index contributed by atoms with van der Waals surface area (Å²) in [5.41, 5.74) is 0.585. The first kappa shape index (κ1) is 14.4. The molecule has 3 heterocycles. The van der Waals surface area contributed by atoms with E-state index in [9.17, 15) is 0 Å². The number of anilines is 1. The maximum atomic E-state index is 5.63. The highest BCUT2D eigenvalue weighted by molar-refractivity contribution is 5.98. The normalized spacial score (nSPS) is 11.0. The van der Waals surface area contributed by atoms with E-state index < -0.39 is 0 Å². The minimum Gasteiger partial charge on any atom is -0.467 e. The SMILES string of the molecule is CCc1nnc(-c2nnc(NCc3ccco3)c3ccccc23)o1. The molecule has 0 amide bonds. The van der Waals surface area contributed by atoms with Crippen LogP contribution in [0.25, 0.3) is 22.4 Å². The van der Waals surface area contributed by atoms with Crippen LogP contribution in [0, 0.1) is 0 Å². The molecule has 1 N–H and O–H groups in total. The molecule has 3 aromatic heterocycles. The molecule has 0 aliphatic carbocycles. The molecular weight excluding hydrogens is 306 g/mol. The first-order chi connectivity index (χ1) is 11.8. The monoisotopic (exact) mass is 321 g/mol. The van der Waals surface area contributed by atoms with Crippen LogP contribution in [0.3, 0.4) is 0 Å². The fourth-order valence-corrected chi connectivity index (χ4v) is 2.47. The average Bonchev–Trinajstić information content (AvgIpc) is 3.31. The molecule has 0 aliphatic rings. The zero-order valence-electron chi connectivity index (χ0n) is 13.1. The maximum absolute atomic E-state index is 5.63. The summed E-state index contributed by atoms with van der Waals surface area (Å²) < 4.78 is 11.0. The van der Waals surface area contributed by atoms with Gasteiger partial charge in [0.2, 0.25) is 5.89 Å². The Morgan fingerprint density at radius 1 is 0.958 bits per heavy atom. The van der Waals surface area contributed by atoms with Crippen LogP contribution in [0.2, 0.25) is 0 Å². The van der Waals surface area contributed by atoms with Gasteiger partial charge in [0.1, 0.15) is 5.76 Å². The molecule has 4 rings (SSSR count). The van der Waals surface area contributed by atoms with Crippen LogP contribution >= 0.6 is 0 Å². The van der Waals surface area contributed by atoms with Gasteiger partial charge in [0.25, 0.3) is 5.89 Å². The molecule has 0 saturated carbocycles. The second-order valence-corrected chi connectivity index (χ2v) is 5.23. The Labute approximate surface area is 137 Å². The van der Waals surface area contributed by atoms with Gasteiger partial charge in [-0.3, -0.25) is 0 Å². The van der Waals surface area contributed by atoms with Gasteiger partial charge in [0, 0.05) is 17.2 Å². The predicted molar refractivity (Wildman–Crippen MR) is 88.2 cm³/mol. The zero-order chi connectivity index (χ0) is 16.4. The van der Waals surface area contributed by atoms with Crippen molar-refractivity contribution in [3.05, 3.63) is 54.3 Å². The highest BCUT2D eigenvalue weighted by atomic mass is 16.4. The predicted octanol–water partition coefficient (Wildman–Crippen LogP) is 3.45. The molecule has 4 aromatic rings. The van der Waals surface area contributed by atoms with Gasteiger partial charge < -0.3 is 14.2 Å². The molecule has 0 unspecified atom stereocenters. The summed E-state index contributed by atoms with van der Waals surface area (Å²) in [6.07, 6.45) is 2.33. The number of aryl methyl sites for hydroxylation is 1. The van der Waals surface area contributed by atoms with E-state index in [1.807, 2.05) is 43.3 Å². The second kappa shape index (κ2) is 6.11. The largest absolute Gasteiger partial charge is 0.467 e. The van der Waals surface area contributed by atoms with E-state index in [-0.39, 0.29) is 0 Å². The summed E-state index contributed by atoms with van der Waals surface area (Å²) in [5, 5.41) is 21.7. The fourth-order valence-electron chi connectivity index (χ4n) is 2.47. The third-order valence-corrected chi connectivity index (χ3v) is 3.67. The van der Waals surface area contributed by atoms with Crippen molar-refractivity contribution < 1.29 is 8.83 Å². The highest BCUT2D eigenvalue weighted by Crippen LogP contribution is 2.29. The molecular formula is C17H15N5O2. The standard InChI is InChI=1S/C17H15N5O2/c1-2-14-19-22-17(24-14)15-12-7-3-4-8-13(12)16(21-20-15)18-10-11-6-5-9-23-11/h3-9H,2,10H2,1H3,(H,18,21). The van der Waals surface area contributed by atoms with Gasteiger partial charge in [-0.05, 0) is 12.1 Å². The van der Waals surface area contributed by atoms with Crippen molar-refractivity contribution >= 4 is 16.6 Å². The molecule has 0 atom stereocenters. The summed E-state index contributed by atoms with van der Waals surface area (Å²) in [6, 6.07) is 11.6. The summed E-state index contributed by atoms with van der Waals surface area (Å²) >= 11 is 0. The van der Waals surface area contributed by atoms with Gasteiger partial charge in [-0.25, -0.2) is 0 Å². The lowest BCUT2D eigenvalue weighted by Gasteiger charge is -2.08. The lowest BCUT2D eigenvalue weighted by molar-refractivity contribution is 0.511. The maximum Gasteiger partial charge on any atom is 0.268 e. The van der Waals surface area contributed by atoms with E-state index in [2.05, 4.69) is 25.7 Å². The quantitative estimate of drug-likeness (QED) is 0.602. The van der Waals surface area contributed by atoms with E-state index in [1.54, 1.807) is 6.26 Å². The topological polar surface area (TPSA) is 89.9 Å². The van der Waals surface area contributed by atoms with Crippen LogP contribution < -0.4 is 5.32 Å². The summed E-state index contributed by atoms with van der Waals surface area (Å²) in [6.45, 7) is 2.49. The Balaban J connectivity index is 1.74. The van der Waals surface area contributed by atoms with E-state index in [1.165, 1.54) is 0 Å². The Morgan fingerprint density at radius 2 is 1.83 bits per heavy atom. The summed E-state index contributed by atoms with van der Waals surface area (Å²) in [5.74, 6) is 2.47. The second-order valence-electron chi connectivity index (χ2n) is 5.23. The van der Waals surface area contributed by atoms with Gasteiger partial charge in [-0.15, -0.1) is 20.4 Å². The number of furan rings is 1. The number of nitrogens with zero attached hydrogens (tertiary/aromatic N) is 4. The molecule has 0 bridgehead atoms. The van der Waals surface area contributed by atoms with E-state index in [0.29, 0.717) is 36.3 Å². The minimum absolute atomic E-state index is 0.383. The van der Waals surface area contributed by atoms with Crippen molar-refractivity contribution in [2.75, 3.05) is 5.32 Å². The lowest BCUT2D eigenvalue weighted by Crippen LogP contribution is -2.03. The number of rotatable bonds is 5. The summed E-state index contributed by atoms with van der Waals surface area (Å²) in [7, 11) is 0. The van der Waals surface area contributed by atoms with E-state index in [4.69, 9.17) is 8.83 Å². The Kier molecular flexibility index (Phi) is 3.66. The van der Waals surface area contributed by atoms with Crippen LogP contribution in [0.4, 0.5) is 5.82 Å².